The molecule has 2 aliphatic rings. The Morgan fingerprint density at radius 2 is 1.85 bits per heavy atom. The lowest BCUT2D eigenvalue weighted by atomic mass is 9.95. The molecule has 3 amide bonds. The first-order valence-corrected chi connectivity index (χ1v) is 12.5. The lowest BCUT2D eigenvalue weighted by Crippen LogP contribution is -2.58. The summed E-state index contributed by atoms with van der Waals surface area (Å²) in [6.45, 7) is 7.81. The quantitative estimate of drug-likeness (QED) is 0.597. The molecule has 2 saturated heterocycles. The van der Waals surface area contributed by atoms with Crippen molar-refractivity contribution in [2.24, 2.45) is 11.8 Å². The molecular formula is C26H40N4O3. The second kappa shape index (κ2) is 11.6. The highest BCUT2D eigenvalue weighted by Crippen LogP contribution is 2.33. The van der Waals surface area contributed by atoms with Crippen molar-refractivity contribution < 1.29 is 14.4 Å². The molecule has 182 valence electrons. The zero-order valence-electron chi connectivity index (χ0n) is 20.5. The van der Waals surface area contributed by atoms with E-state index in [0.29, 0.717) is 19.5 Å². The molecule has 0 bridgehead atoms. The van der Waals surface area contributed by atoms with Crippen molar-refractivity contribution in [3.63, 3.8) is 0 Å². The predicted octanol–water partition coefficient (Wildman–Crippen LogP) is 2.21. The Morgan fingerprint density at radius 3 is 2.48 bits per heavy atom. The van der Waals surface area contributed by atoms with Crippen molar-refractivity contribution in [2.75, 3.05) is 26.7 Å². The van der Waals surface area contributed by atoms with Gasteiger partial charge in [-0.05, 0) is 56.6 Å². The molecule has 4 atom stereocenters. The molecule has 33 heavy (non-hydrogen) atoms. The molecule has 7 nitrogen and oxygen atoms in total. The van der Waals surface area contributed by atoms with Gasteiger partial charge in [0.05, 0.1) is 6.04 Å². The molecule has 3 rings (SSSR count). The van der Waals surface area contributed by atoms with Gasteiger partial charge < -0.3 is 20.4 Å². The van der Waals surface area contributed by atoms with Crippen LogP contribution in [0.15, 0.2) is 30.3 Å². The standard InChI is InChI=1S/C26H40N4O3/c1-5-21(27-4)24(31)28-22(18(2)3)25(32)30-17-14-20-12-9-15-29(26(33)23(20)30)16-13-19-10-7-6-8-11-19/h6-8,10-11,18,20-23,27H,5,9,12-17H2,1-4H3,(H,28,31)/t20-,21-,22-,23+/m0/s1. The minimum absolute atomic E-state index is 0.0646. The second-order valence-electron chi connectivity index (χ2n) is 9.71. The van der Waals surface area contributed by atoms with E-state index in [2.05, 4.69) is 22.8 Å². The third kappa shape index (κ3) is 5.94. The number of nitrogens with zero attached hydrogens (tertiary/aromatic N) is 2. The summed E-state index contributed by atoms with van der Waals surface area (Å²) in [5, 5.41) is 5.96. The van der Waals surface area contributed by atoms with Crippen molar-refractivity contribution >= 4 is 17.7 Å². The highest BCUT2D eigenvalue weighted by atomic mass is 16.2. The molecule has 7 heteroatoms. The van der Waals surface area contributed by atoms with Crippen molar-refractivity contribution in [3.8, 4) is 0 Å². The molecule has 2 heterocycles. The number of nitrogens with one attached hydrogen (secondary N) is 2. The highest BCUT2D eigenvalue weighted by Gasteiger charge is 2.46. The van der Waals surface area contributed by atoms with Gasteiger partial charge >= 0.3 is 0 Å². The van der Waals surface area contributed by atoms with Crippen LogP contribution in [0.3, 0.4) is 0 Å². The molecule has 0 radical (unpaired) electrons. The number of benzene rings is 1. The molecule has 0 saturated carbocycles. The summed E-state index contributed by atoms with van der Waals surface area (Å²) in [6.07, 6.45) is 4.23. The normalized spacial score (nSPS) is 22.6. The Bertz CT molecular complexity index is 809. The summed E-state index contributed by atoms with van der Waals surface area (Å²) < 4.78 is 0. The van der Waals surface area contributed by atoms with E-state index in [9.17, 15) is 14.4 Å². The van der Waals surface area contributed by atoms with Gasteiger partial charge in [0, 0.05) is 19.6 Å². The minimum atomic E-state index is -0.632. The third-order valence-electron chi connectivity index (χ3n) is 7.19. The van der Waals surface area contributed by atoms with E-state index in [1.54, 1.807) is 11.9 Å². The number of fused-ring (bicyclic) bond motifs is 1. The highest BCUT2D eigenvalue weighted by molar-refractivity contribution is 5.94. The van der Waals surface area contributed by atoms with Crippen LogP contribution in [0.5, 0.6) is 0 Å². The molecule has 2 fully saturated rings. The fourth-order valence-corrected chi connectivity index (χ4v) is 5.18. The monoisotopic (exact) mass is 456 g/mol. The van der Waals surface area contributed by atoms with E-state index in [1.807, 2.05) is 43.9 Å². The van der Waals surface area contributed by atoms with Gasteiger partial charge in [-0.3, -0.25) is 14.4 Å². The molecule has 0 unspecified atom stereocenters. The van der Waals surface area contributed by atoms with Gasteiger partial charge in [0.25, 0.3) is 0 Å². The van der Waals surface area contributed by atoms with Gasteiger partial charge in [-0.25, -0.2) is 0 Å². The Hall–Kier alpha value is -2.41. The number of hydrogen-bond donors (Lipinski definition) is 2. The van der Waals surface area contributed by atoms with Gasteiger partial charge in [-0.1, -0.05) is 51.1 Å². The van der Waals surface area contributed by atoms with Crippen molar-refractivity contribution in [3.05, 3.63) is 35.9 Å². The van der Waals surface area contributed by atoms with Crippen LogP contribution in [0.2, 0.25) is 0 Å². The Morgan fingerprint density at radius 1 is 1.12 bits per heavy atom. The average Bonchev–Trinajstić information content (AvgIpc) is 3.17. The zero-order valence-corrected chi connectivity index (χ0v) is 20.5. The largest absolute Gasteiger partial charge is 0.343 e. The van der Waals surface area contributed by atoms with Crippen LogP contribution >= 0.6 is 0 Å². The topological polar surface area (TPSA) is 81.8 Å². The van der Waals surface area contributed by atoms with Crippen molar-refractivity contribution in [1.29, 1.82) is 0 Å². The van der Waals surface area contributed by atoms with Crippen molar-refractivity contribution in [1.82, 2.24) is 20.4 Å². The van der Waals surface area contributed by atoms with Gasteiger partial charge in [0.1, 0.15) is 12.1 Å². The first kappa shape index (κ1) is 25.2. The van der Waals surface area contributed by atoms with E-state index in [0.717, 1.165) is 32.2 Å². The minimum Gasteiger partial charge on any atom is -0.343 e. The van der Waals surface area contributed by atoms with Crippen LogP contribution in [0.4, 0.5) is 0 Å². The van der Waals surface area contributed by atoms with E-state index in [1.165, 1.54) is 5.56 Å². The van der Waals surface area contributed by atoms with E-state index in [4.69, 9.17) is 0 Å². The maximum atomic E-state index is 13.6. The lowest BCUT2D eigenvalue weighted by molar-refractivity contribution is -0.146. The van der Waals surface area contributed by atoms with Gasteiger partial charge in [0.2, 0.25) is 17.7 Å². The first-order chi connectivity index (χ1) is 15.9. The number of rotatable bonds is 9. The number of likely N-dealkylation sites (tertiary alicyclic amines) is 2. The summed E-state index contributed by atoms with van der Waals surface area (Å²) >= 11 is 0. The van der Waals surface area contributed by atoms with E-state index < -0.39 is 12.1 Å². The van der Waals surface area contributed by atoms with Crippen LogP contribution in [-0.2, 0) is 20.8 Å². The summed E-state index contributed by atoms with van der Waals surface area (Å²) in [6, 6.07) is 8.82. The lowest BCUT2D eigenvalue weighted by Gasteiger charge is -2.34. The summed E-state index contributed by atoms with van der Waals surface area (Å²) in [5.74, 6) is -0.0957. The molecule has 1 aromatic carbocycles. The SMILES string of the molecule is CC[C@H](NC)C(=O)N[C@H](C(=O)N1CC[C@@H]2CCCN(CCc3ccccc3)C(=O)[C@@H]21)C(C)C. The van der Waals surface area contributed by atoms with Gasteiger partial charge in [-0.2, -0.15) is 0 Å². The summed E-state index contributed by atoms with van der Waals surface area (Å²) in [5.41, 5.74) is 1.21. The molecule has 0 aromatic heterocycles. The predicted molar refractivity (Wildman–Crippen MR) is 129 cm³/mol. The Kier molecular flexibility index (Phi) is 8.89. The third-order valence-corrected chi connectivity index (χ3v) is 7.19. The molecule has 2 aliphatic heterocycles. The zero-order chi connectivity index (χ0) is 24.0. The van der Waals surface area contributed by atoms with E-state index >= 15 is 0 Å². The second-order valence-corrected chi connectivity index (χ2v) is 9.71. The van der Waals surface area contributed by atoms with E-state index in [-0.39, 0.29) is 35.6 Å². The first-order valence-electron chi connectivity index (χ1n) is 12.5. The number of hydrogen-bond acceptors (Lipinski definition) is 4. The van der Waals surface area contributed by atoms with Gasteiger partial charge in [0.15, 0.2) is 0 Å². The molecule has 2 N–H and O–H groups in total. The van der Waals surface area contributed by atoms with Crippen LogP contribution in [0, 0.1) is 11.8 Å². The Labute approximate surface area is 198 Å². The Balaban J connectivity index is 1.73. The van der Waals surface area contributed by atoms with Crippen LogP contribution in [0.25, 0.3) is 0 Å². The molecule has 1 aromatic rings. The van der Waals surface area contributed by atoms with Gasteiger partial charge in [-0.15, -0.1) is 0 Å². The molecule has 0 spiro atoms. The number of carbonyl (C=O) groups excluding carboxylic acids is 3. The number of likely N-dealkylation sites (N-methyl/N-ethyl adjacent to an activating group) is 1. The maximum absolute atomic E-state index is 13.6. The average molecular weight is 457 g/mol. The molecular weight excluding hydrogens is 416 g/mol. The fourth-order valence-electron chi connectivity index (χ4n) is 5.18. The van der Waals surface area contributed by atoms with Crippen LogP contribution in [0.1, 0.15) is 52.0 Å². The smallest absolute Gasteiger partial charge is 0.246 e. The number of carbonyl (C=O) groups is 3. The summed E-state index contributed by atoms with van der Waals surface area (Å²) in [7, 11) is 1.75. The van der Waals surface area contributed by atoms with Crippen LogP contribution in [-0.4, -0.2) is 72.3 Å². The number of amides is 3. The maximum Gasteiger partial charge on any atom is 0.246 e. The van der Waals surface area contributed by atoms with Crippen molar-refractivity contribution in [2.45, 2.75) is 71.0 Å². The summed E-state index contributed by atoms with van der Waals surface area (Å²) in [4.78, 5) is 43.7. The fraction of sp³-hybridized carbons (Fsp3) is 0.654. The van der Waals surface area contributed by atoms with Crippen LogP contribution < -0.4 is 10.6 Å². The molecule has 0 aliphatic carbocycles.